The number of carbonyl (C=O) groups excluding carboxylic acids is 1. The Labute approximate surface area is 143 Å². The number of amides is 1. The van der Waals surface area contributed by atoms with Gasteiger partial charge in [0.1, 0.15) is 6.54 Å². The number of anilines is 1. The molecule has 1 aromatic carbocycles. The lowest BCUT2D eigenvalue weighted by Gasteiger charge is -2.20. The van der Waals surface area contributed by atoms with Crippen LogP contribution in [0.5, 0.6) is 0 Å². The highest BCUT2D eigenvalue weighted by molar-refractivity contribution is 5.93. The van der Waals surface area contributed by atoms with E-state index in [2.05, 4.69) is 17.0 Å². The van der Waals surface area contributed by atoms with Crippen LogP contribution in [0.15, 0.2) is 60.9 Å². The van der Waals surface area contributed by atoms with Gasteiger partial charge in [-0.3, -0.25) is 4.79 Å². The molecule has 1 aromatic heterocycles. The van der Waals surface area contributed by atoms with Gasteiger partial charge in [-0.1, -0.05) is 24.3 Å². The third-order valence-electron chi connectivity index (χ3n) is 3.52. The Hall–Kier alpha value is -1.68. The van der Waals surface area contributed by atoms with E-state index in [9.17, 15) is 4.79 Å². The van der Waals surface area contributed by atoms with Crippen LogP contribution in [0.3, 0.4) is 0 Å². The van der Waals surface area contributed by atoms with Gasteiger partial charge in [0.25, 0.3) is 0 Å². The largest absolute Gasteiger partial charge is 1.00 e. The molecule has 0 aliphatic heterocycles. The Morgan fingerprint density at radius 3 is 2.27 bits per heavy atom. The van der Waals surface area contributed by atoms with E-state index < -0.39 is 0 Å². The number of halogens is 1. The first-order valence-corrected chi connectivity index (χ1v) is 7.60. The van der Waals surface area contributed by atoms with Crippen LogP contribution in [0.2, 0.25) is 0 Å². The van der Waals surface area contributed by atoms with Gasteiger partial charge in [0, 0.05) is 37.2 Å². The summed E-state index contributed by atoms with van der Waals surface area (Å²) in [6.07, 6.45) is 6.67. The molecule has 0 saturated carbocycles. The first-order valence-electron chi connectivity index (χ1n) is 7.60. The van der Waals surface area contributed by atoms with Gasteiger partial charge in [0.15, 0.2) is 12.4 Å². The van der Waals surface area contributed by atoms with E-state index in [1.54, 1.807) is 0 Å². The minimum atomic E-state index is 0. The van der Waals surface area contributed by atoms with Crippen molar-refractivity contribution in [2.75, 3.05) is 11.4 Å². The molecule has 2 rings (SSSR count). The van der Waals surface area contributed by atoms with Crippen LogP contribution in [0.1, 0.15) is 26.2 Å². The van der Waals surface area contributed by atoms with Crippen LogP contribution < -0.4 is 26.4 Å². The van der Waals surface area contributed by atoms with Gasteiger partial charge in [-0.2, -0.15) is 0 Å². The van der Waals surface area contributed by atoms with Gasteiger partial charge in [-0.05, 0) is 25.5 Å². The fraction of sp³-hybridized carbons (Fsp3) is 0.333. The molecule has 22 heavy (non-hydrogen) atoms. The molecule has 0 atom stereocenters. The van der Waals surface area contributed by atoms with E-state index >= 15 is 0 Å². The molecular weight excluding hydrogens is 340 g/mol. The molecule has 0 bridgehead atoms. The van der Waals surface area contributed by atoms with Gasteiger partial charge >= 0.3 is 0 Å². The summed E-state index contributed by atoms with van der Waals surface area (Å²) in [4.78, 5) is 14.2. The molecule has 4 heteroatoms. The molecule has 0 spiro atoms. The molecule has 0 radical (unpaired) electrons. The van der Waals surface area contributed by atoms with Crippen molar-refractivity contribution in [3.05, 3.63) is 60.9 Å². The predicted octanol–water partition coefficient (Wildman–Crippen LogP) is 0.202. The maximum atomic E-state index is 12.3. The second kappa shape index (κ2) is 10.1. The summed E-state index contributed by atoms with van der Waals surface area (Å²) >= 11 is 0. The summed E-state index contributed by atoms with van der Waals surface area (Å²) < 4.78 is 2.15. The lowest BCUT2D eigenvalue weighted by Crippen LogP contribution is -3.00. The minimum Gasteiger partial charge on any atom is -1.00 e. The summed E-state index contributed by atoms with van der Waals surface area (Å²) in [6.45, 7) is 3.70. The van der Waals surface area contributed by atoms with E-state index in [1.807, 2.05) is 60.4 Å². The number of aryl methyl sites for hydroxylation is 1. The van der Waals surface area contributed by atoms with Crippen molar-refractivity contribution in [3.8, 4) is 0 Å². The van der Waals surface area contributed by atoms with Gasteiger partial charge in [0.05, 0.1) is 0 Å². The molecule has 0 unspecified atom stereocenters. The lowest BCUT2D eigenvalue weighted by atomic mass is 10.2. The average molecular weight is 363 g/mol. The monoisotopic (exact) mass is 362 g/mol. The number of hydrogen-bond acceptors (Lipinski definition) is 1. The Morgan fingerprint density at radius 2 is 1.64 bits per heavy atom. The molecule has 118 valence electrons. The van der Waals surface area contributed by atoms with Gasteiger partial charge in [0.2, 0.25) is 5.91 Å². The maximum absolute atomic E-state index is 12.3. The highest BCUT2D eigenvalue weighted by atomic mass is 79.9. The summed E-state index contributed by atoms with van der Waals surface area (Å²) in [5, 5.41) is 0. The van der Waals surface area contributed by atoms with Crippen molar-refractivity contribution in [2.45, 2.75) is 32.7 Å². The zero-order valence-electron chi connectivity index (χ0n) is 13.0. The number of para-hydroxylation sites is 1. The molecule has 0 aliphatic carbocycles. The van der Waals surface area contributed by atoms with Crippen LogP contribution in [-0.2, 0) is 11.3 Å². The summed E-state index contributed by atoms with van der Waals surface area (Å²) in [5.41, 5.74) is 0.988. The van der Waals surface area contributed by atoms with Crippen molar-refractivity contribution in [3.63, 3.8) is 0 Å². The SMILES string of the molecule is CCN(C(=O)CCCC[n+]1ccccc1)c1ccccc1.[Br-]. The fourth-order valence-electron chi connectivity index (χ4n) is 2.40. The van der Waals surface area contributed by atoms with Crippen molar-refractivity contribution in [1.82, 2.24) is 0 Å². The molecule has 0 aliphatic rings. The zero-order chi connectivity index (χ0) is 14.9. The van der Waals surface area contributed by atoms with Gasteiger partial charge in [-0.15, -0.1) is 0 Å². The van der Waals surface area contributed by atoms with E-state index in [0.717, 1.165) is 31.6 Å². The molecule has 2 aromatic rings. The van der Waals surface area contributed by atoms with Crippen molar-refractivity contribution in [2.24, 2.45) is 0 Å². The number of nitrogens with zero attached hydrogens (tertiary/aromatic N) is 2. The van der Waals surface area contributed by atoms with Gasteiger partial charge < -0.3 is 21.9 Å². The Morgan fingerprint density at radius 1 is 1.00 bits per heavy atom. The molecule has 0 saturated heterocycles. The number of hydrogen-bond donors (Lipinski definition) is 0. The number of benzene rings is 1. The zero-order valence-corrected chi connectivity index (χ0v) is 14.6. The quantitative estimate of drug-likeness (QED) is 0.510. The Bertz CT molecular complexity index is 546. The maximum Gasteiger partial charge on any atom is 0.226 e. The van der Waals surface area contributed by atoms with Crippen molar-refractivity contribution >= 4 is 11.6 Å². The van der Waals surface area contributed by atoms with Crippen molar-refractivity contribution in [1.29, 1.82) is 0 Å². The third kappa shape index (κ3) is 5.60. The number of pyridine rings is 1. The van der Waals surface area contributed by atoms with E-state index in [1.165, 1.54) is 0 Å². The normalized spacial score (nSPS) is 9.86. The molecule has 1 heterocycles. The third-order valence-corrected chi connectivity index (χ3v) is 3.52. The summed E-state index contributed by atoms with van der Waals surface area (Å²) in [6, 6.07) is 16.0. The number of carbonyl (C=O) groups is 1. The van der Waals surface area contributed by atoms with Gasteiger partial charge in [-0.25, -0.2) is 4.57 Å². The average Bonchev–Trinajstić information content (AvgIpc) is 2.54. The molecule has 0 N–H and O–H groups in total. The summed E-state index contributed by atoms with van der Waals surface area (Å²) in [5.74, 6) is 0.210. The lowest BCUT2D eigenvalue weighted by molar-refractivity contribution is -0.697. The number of aromatic nitrogens is 1. The summed E-state index contributed by atoms with van der Waals surface area (Å²) in [7, 11) is 0. The first-order chi connectivity index (χ1) is 10.3. The predicted molar refractivity (Wildman–Crippen MR) is 85.0 cm³/mol. The number of unbranched alkanes of at least 4 members (excludes halogenated alkanes) is 1. The fourth-order valence-corrected chi connectivity index (χ4v) is 2.40. The van der Waals surface area contributed by atoms with Crippen LogP contribution in [0.25, 0.3) is 0 Å². The smallest absolute Gasteiger partial charge is 0.226 e. The molecule has 1 amide bonds. The van der Waals surface area contributed by atoms with Crippen LogP contribution in [-0.4, -0.2) is 12.5 Å². The topological polar surface area (TPSA) is 24.2 Å². The highest BCUT2D eigenvalue weighted by Crippen LogP contribution is 2.15. The van der Waals surface area contributed by atoms with Crippen LogP contribution in [0, 0.1) is 0 Å². The Balaban J connectivity index is 0.00000242. The molecule has 3 nitrogen and oxygen atoms in total. The molecular formula is C18H23BrN2O. The molecule has 0 fully saturated rings. The van der Waals surface area contributed by atoms with Crippen molar-refractivity contribution < 1.29 is 26.3 Å². The van der Waals surface area contributed by atoms with Crippen LogP contribution in [0.4, 0.5) is 5.69 Å². The standard InChI is InChI=1S/C18H23N2O.BrH/c1-2-20(17-11-5-3-6-12-17)18(21)13-7-10-16-19-14-8-4-9-15-19;/h3-6,8-9,11-12,14-15H,2,7,10,13,16H2,1H3;1H/q+1;/p-1. The van der Waals surface area contributed by atoms with E-state index in [-0.39, 0.29) is 22.9 Å². The van der Waals surface area contributed by atoms with E-state index in [4.69, 9.17) is 0 Å². The number of rotatable bonds is 7. The minimum absolute atomic E-state index is 0. The highest BCUT2D eigenvalue weighted by Gasteiger charge is 2.13. The second-order valence-electron chi connectivity index (χ2n) is 5.04. The van der Waals surface area contributed by atoms with E-state index in [0.29, 0.717) is 6.42 Å². The Kier molecular flexibility index (Phi) is 8.44. The first kappa shape index (κ1) is 18.4. The van der Waals surface area contributed by atoms with Crippen LogP contribution >= 0.6 is 0 Å². The second-order valence-corrected chi connectivity index (χ2v) is 5.04.